The van der Waals surface area contributed by atoms with Crippen LogP contribution in [0.4, 0.5) is 0 Å². The maximum absolute atomic E-state index is 6.01. The van der Waals surface area contributed by atoms with Crippen molar-refractivity contribution in [3.63, 3.8) is 0 Å². The molecule has 0 N–H and O–H groups in total. The van der Waals surface area contributed by atoms with Gasteiger partial charge in [0.05, 0.1) is 24.1 Å². The van der Waals surface area contributed by atoms with E-state index in [9.17, 15) is 0 Å². The predicted octanol–water partition coefficient (Wildman–Crippen LogP) is 2.48. The Morgan fingerprint density at radius 1 is 1.12 bits per heavy atom. The molecule has 17 heavy (non-hydrogen) atoms. The Labute approximate surface area is 109 Å². The van der Waals surface area contributed by atoms with E-state index in [1.165, 1.54) is 0 Å². The van der Waals surface area contributed by atoms with Crippen LogP contribution in [0.1, 0.15) is 34.6 Å². The molecule has 2 saturated heterocycles. The molecular weight excluding hydrogens is 236 g/mol. The Morgan fingerprint density at radius 2 is 1.76 bits per heavy atom. The van der Waals surface area contributed by atoms with E-state index in [0.717, 1.165) is 6.61 Å². The highest BCUT2D eigenvalue weighted by atomic mass is 32.2. The first-order chi connectivity index (χ1) is 7.87. The van der Waals surface area contributed by atoms with Crippen molar-refractivity contribution in [1.29, 1.82) is 0 Å². The number of hydrogen-bond donors (Lipinski definition) is 0. The van der Waals surface area contributed by atoms with E-state index in [4.69, 9.17) is 14.2 Å². The molecule has 0 spiro atoms. The first-order valence-corrected chi connectivity index (χ1v) is 7.37. The minimum absolute atomic E-state index is 0.0952. The molecule has 2 rings (SSSR count). The van der Waals surface area contributed by atoms with Gasteiger partial charge in [-0.05, 0) is 26.0 Å². The zero-order valence-corrected chi connectivity index (χ0v) is 12.3. The number of thioether (sulfide) groups is 1. The largest absolute Gasteiger partial charge is 0.371 e. The summed E-state index contributed by atoms with van der Waals surface area (Å²) in [4.78, 5) is 0. The van der Waals surface area contributed by atoms with Crippen LogP contribution in [0, 0.1) is 0 Å². The van der Waals surface area contributed by atoms with Gasteiger partial charge in [0.2, 0.25) is 0 Å². The van der Waals surface area contributed by atoms with Crippen LogP contribution >= 0.6 is 11.8 Å². The molecule has 2 heterocycles. The summed E-state index contributed by atoms with van der Waals surface area (Å²) in [5.74, 6) is 0. The quantitative estimate of drug-likeness (QED) is 0.779. The van der Waals surface area contributed by atoms with Gasteiger partial charge in [-0.1, -0.05) is 13.8 Å². The van der Waals surface area contributed by atoms with Gasteiger partial charge in [-0.25, -0.2) is 0 Å². The van der Waals surface area contributed by atoms with E-state index in [1.54, 1.807) is 0 Å². The molecule has 2 fully saturated rings. The van der Waals surface area contributed by atoms with Crippen molar-refractivity contribution in [2.24, 2.45) is 0 Å². The SMILES string of the molecule is CC(C)SC1COC2C(OC(C)(C)C)COC12. The van der Waals surface area contributed by atoms with Crippen LogP contribution in [0.25, 0.3) is 0 Å². The van der Waals surface area contributed by atoms with Gasteiger partial charge in [-0.2, -0.15) is 11.8 Å². The third-order valence-corrected chi connectivity index (χ3v) is 4.21. The molecule has 100 valence electrons. The van der Waals surface area contributed by atoms with Gasteiger partial charge in [0.1, 0.15) is 18.3 Å². The maximum Gasteiger partial charge on any atom is 0.113 e. The first kappa shape index (κ1) is 13.7. The highest BCUT2D eigenvalue weighted by Crippen LogP contribution is 2.37. The van der Waals surface area contributed by atoms with Crippen molar-refractivity contribution < 1.29 is 14.2 Å². The molecule has 0 aromatic heterocycles. The second-order valence-electron chi connectivity index (χ2n) is 6.09. The number of rotatable bonds is 3. The summed E-state index contributed by atoms with van der Waals surface area (Å²) in [6.45, 7) is 12.1. The lowest BCUT2D eigenvalue weighted by atomic mass is 10.1. The van der Waals surface area contributed by atoms with E-state index in [-0.39, 0.29) is 23.9 Å². The smallest absolute Gasteiger partial charge is 0.113 e. The van der Waals surface area contributed by atoms with E-state index >= 15 is 0 Å². The Balaban J connectivity index is 1.92. The zero-order chi connectivity index (χ0) is 12.6. The van der Waals surface area contributed by atoms with Crippen LogP contribution < -0.4 is 0 Å². The molecule has 0 bridgehead atoms. The molecule has 0 aromatic rings. The molecule has 0 aromatic carbocycles. The minimum Gasteiger partial charge on any atom is -0.371 e. The van der Waals surface area contributed by atoms with E-state index in [0.29, 0.717) is 17.1 Å². The molecule has 2 aliphatic heterocycles. The Kier molecular flexibility index (Phi) is 4.08. The zero-order valence-electron chi connectivity index (χ0n) is 11.4. The highest BCUT2D eigenvalue weighted by Gasteiger charge is 2.49. The summed E-state index contributed by atoms with van der Waals surface area (Å²) in [7, 11) is 0. The Hall–Kier alpha value is 0.230. The molecule has 0 amide bonds. The molecule has 0 aliphatic carbocycles. The molecule has 4 atom stereocenters. The average Bonchev–Trinajstić information content (AvgIpc) is 2.68. The van der Waals surface area contributed by atoms with E-state index in [1.807, 2.05) is 11.8 Å². The lowest BCUT2D eigenvalue weighted by molar-refractivity contribution is -0.102. The second-order valence-corrected chi connectivity index (χ2v) is 7.91. The third-order valence-electron chi connectivity index (χ3n) is 2.91. The predicted molar refractivity (Wildman–Crippen MR) is 70.6 cm³/mol. The van der Waals surface area contributed by atoms with Crippen molar-refractivity contribution in [3.05, 3.63) is 0 Å². The van der Waals surface area contributed by atoms with Crippen LogP contribution in [0.5, 0.6) is 0 Å². The number of fused-ring (bicyclic) bond motifs is 1. The first-order valence-electron chi connectivity index (χ1n) is 6.43. The fraction of sp³-hybridized carbons (Fsp3) is 1.00. The summed E-state index contributed by atoms with van der Waals surface area (Å²) in [5, 5.41) is 1.09. The van der Waals surface area contributed by atoms with Crippen molar-refractivity contribution in [1.82, 2.24) is 0 Å². The summed E-state index contributed by atoms with van der Waals surface area (Å²) in [6.07, 6.45) is 0.443. The lowest BCUT2D eigenvalue weighted by Gasteiger charge is -2.26. The average molecular weight is 260 g/mol. The lowest BCUT2D eigenvalue weighted by Crippen LogP contribution is -2.37. The number of ether oxygens (including phenoxy) is 3. The number of hydrogen-bond acceptors (Lipinski definition) is 4. The fourth-order valence-corrected chi connectivity index (χ4v) is 3.70. The third kappa shape index (κ3) is 3.37. The topological polar surface area (TPSA) is 27.7 Å². The molecule has 4 heteroatoms. The summed E-state index contributed by atoms with van der Waals surface area (Å²) in [6, 6.07) is 0. The fourth-order valence-electron chi connectivity index (χ4n) is 2.45. The van der Waals surface area contributed by atoms with Crippen LogP contribution in [-0.2, 0) is 14.2 Å². The van der Waals surface area contributed by atoms with Crippen molar-refractivity contribution in [3.8, 4) is 0 Å². The normalized spacial score (nSPS) is 37.8. The van der Waals surface area contributed by atoms with Gasteiger partial charge in [0, 0.05) is 0 Å². The molecule has 0 saturated carbocycles. The van der Waals surface area contributed by atoms with Gasteiger partial charge in [0.15, 0.2) is 0 Å². The molecule has 3 nitrogen and oxygen atoms in total. The van der Waals surface area contributed by atoms with Gasteiger partial charge in [0.25, 0.3) is 0 Å². The highest BCUT2D eigenvalue weighted by molar-refractivity contribution is 8.00. The monoisotopic (exact) mass is 260 g/mol. The van der Waals surface area contributed by atoms with Crippen LogP contribution in [-0.4, -0.2) is 47.6 Å². The van der Waals surface area contributed by atoms with Crippen molar-refractivity contribution in [2.45, 2.75) is 69.0 Å². The van der Waals surface area contributed by atoms with Crippen molar-refractivity contribution >= 4 is 11.8 Å². The van der Waals surface area contributed by atoms with Gasteiger partial charge >= 0.3 is 0 Å². The summed E-state index contributed by atoms with van der Waals surface area (Å²) >= 11 is 1.95. The summed E-state index contributed by atoms with van der Waals surface area (Å²) < 4.78 is 17.8. The van der Waals surface area contributed by atoms with Crippen LogP contribution in [0.2, 0.25) is 0 Å². The molecule has 4 unspecified atom stereocenters. The van der Waals surface area contributed by atoms with Crippen LogP contribution in [0.3, 0.4) is 0 Å². The van der Waals surface area contributed by atoms with Gasteiger partial charge in [-0.3, -0.25) is 0 Å². The van der Waals surface area contributed by atoms with E-state index < -0.39 is 0 Å². The van der Waals surface area contributed by atoms with Crippen molar-refractivity contribution in [2.75, 3.05) is 13.2 Å². The van der Waals surface area contributed by atoms with Crippen LogP contribution in [0.15, 0.2) is 0 Å². The molecule has 0 radical (unpaired) electrons. The molecular formula is C13H24O3S. The van der Waals surface area contributed by atoms with Gasteiger partial charge in [-0.15, -0.1) is 0 Å². The van der Waals surface area contributed by atoms with E-state index in [2.05, 4.69) is 34.6 Å². The second kappa shape index (κ2) is 5.08. The Bertz CT molecular complexity index is 262. The van der Waals surface area contributed by atoms with Gasteiger partial charge < -0.3 is 14.2 Å². The Morgan fingerprint density at radius 3 is 2.35 bits per heavy atom. The minimum atomic E-state index is -0.129. The molecule has 2 aliphatic rings. The standard InChI is InChI=1S/C13H24O3S/c1-8(2)17-10-7-15-11-9(6-14-12(10)11)16-13(3,4)5/h8-12H,6-7H2,1-5H3. The maximum atomic E-state index is 6.01. The summed E-state index contributed by atoms with van der Waals surface area (Å²) in [5.41, 5.74) is -0.129.